The smallest absolute Gasteiger partial charge is 0.251 e. The molecule has 1 aliphatic rings. The zero-order valence-electron chi connectivity index (χ0n) is 21.1. The summed E-state index contributed by atoms with van der Waals surface area (Å²) in [7, 11) is 0. The average molecular weight is 514 g/mol. The van der Waals surface area contributed by atoms with E-state index >= 15 is 0 Å². The molecule has 1 saturated heterocycles. The molecule has 4 aromatic rings. The molecular formula is C30H31N3O5. The highest BCUT2D eigenvalue weighted by Crippen LogP contribution is 2.37. The van der Waals surface area contributed by atoms with Gasteiger partial charge in [0.25, 0.3) is 5.91 Å². The van der Waals surface area contributed by atoms with E-state index in [4.69, 9.17) is 14.9 Å². The van der Waals surface area contributed by atoms with Gasteiger partial charge in [-0.2, -0.15) is 0 Å². The van der Waals surface area contributed by atoms with Gasteiger partial charge in [-0.3, -0.25) is 19.7 Å². The van der Waals surface area contributed by atoms with Crippen molar-refractivity contribution < 1.29 is 23.5 Å². The lowest BCUT2D eigenvalue weighted by Gasteiger charge is -2.20. The molecule has 0 radical (unpaired) electrons. The van der Waals surface area contributed by atoms with E-state index in [1.54, 1.807) is 30.5 Å². The Morgan fingerprint density at radius 2 is 1.84 bits per heavy atom. The molecule has 1 aliphatic heterocycles. The van der Waals surface area contributed by atoms with Crippen molar-refractivity contribution in [2.75, 3.05) is 18.9 Å². The monoisotopic (exact) mass is 513 g/mol. The number of nitrogen functional groups attached to an aromatic ring is 1. The van der Waals surface area contributed by atoms with E-state index in [-0.39, 0.29) is 17.7 Å². The molecule has 2 heterocycles. The molecule has 38 heavy (non-hydrogen) atoms. The van der Waals surface area contributed by atoms with E-state index in [9.17, 15) is 14.4 Å². The van der Waals surface area contributed by atoms with Gasteiger partial charge in [0.2, 0.25) is 11.8 Å². The first-order valence-electron chi connectivity index (χ1n) is 13.0. The SMILES string of the molecule is Nc1ccc(C(=O)NCCCCCCOc2ccc3c(ccc4occ(C5CCC(=O)NC5=O)c43)c2)cc1. The van der Waals surface area contributed by atoms with Crippen LogP contribution in [0.25, 0.3) is 21.7 Å². The number of amides is 3. The number of piperidine rings is 1. The van der Waals surface area contributed by atoms with Crippen LogP contribution in [0.15, 0.2) is 65.3 Å². The Morgan fingerprint density at radius 3 is 2.66 bits per heavy atom. The van der Waals surface area contributed by atoms with Gasteiger partial charge in [0, 0.05) is 35.2 Å². The summed E-state index contributed by atoms with van der Waals surface area (Å²) in [6.45, 7) is 1.25. The van der Waals surface area contributed by atoms with E-state index in [1.165, 1.54) is 0 Å². The summed E-state index contributed by atoms with van der Waals surface area (Å²) in [4.78, 5) is 36.1. The van der Waals surface area contributed by atoms with Crippen LogP contribution < -0.4 is 21.1 Å². The fourth-order valence-electron chi connectivity index (χ4n) is 4.92. The number of fused-ring (bicyclic) bond motifs is 3. The molecule has 8 heteroatoms. The molecule has 0 bridgehead atoms. The summed E-state index contributed by atoms with van der Waals surface area (Å²) in [6, 6.07) is 16.7. The predicted octanol–water partition coefficient (Wildman–Crippen LogP) is 5.06. The van der Waals surface area contributed by atoms with Crippen LogP contribution in [-0.2, 0) is 9.59 Å². The highest BCUT2D eigenvalue weighted by molar-refractivity contribution is 6.10. The number of hydrogen-bond donors (Lipinski definition) is 3. The Labute approximate surface area is 220 Å². The zero-order valence-corrected chi connectivity index (χ0v) is 21.1. The maximum Gasteiger partial charge on any atom is 0.251 e. The largest absolute Gasteiger partial charge is 0.494 e. The number of benzene rings is 3. The minimum atomic E-state index is -0.401. The summed E-state index contributed by atoms with van der Waals surface area (Å²) in [5.41, 5.74) is 8.44. The number of nitrogens with two attached hydrogens (primary N) is 1. The van der Waals surface area contributed by atoms with Crippen molar-refractivity contribution in [1.82, 2.24) is 10.6 Å². The van der Waals surface area contributed by atoms with E-state index in [1.807, 2.05) is 30.3 Å². The lowest BCUT2D eigenvalue weighted by molar-refractivity contribution is -0.134. The van der Waals surface area contributed by atoms with Crippen molar-refractivity contribution in [3.63, 3.8) is 0 Å². The third-order valence-electron chi connectivity index (χ3n) is 6.97. The van der Waals surface area contributed by atoms with Crippen molar-refractivity contribution in [3.8, 4) is 5.75 Å². The molecule has 3 amide bonds. The van der Waals surface area contributed by atoms with Crippen molar-refractivity contribution in [3.05, 3.63) is 72.0 Å². The topological polar surface area (TPSA) is 124 Å². The van der Waals surface area contributed by atoms with Crippen LogP contribution in [-0.4, -0.2) is 30.9 Å². The number of nitrogens with one attached hydrogen (secondary N) is 2. The Kier molecular flexibility index (Phi) is 7.58. The maximum atomic E-state index is 12.4. The second kappa shape index (κ2) is 11.4. The van der Waals surface area contributed by atoms with Crippen molar-refractivity contribution in [2.45, 2.75) is 44.4 Å². The quantitative estimate of drug-likeness (QED) is 0.155. The number of carbonyl (C=O) groups is 3. The van der Waals surface area contributed by atoms with E-state index in [0.29, 0.717) is 37.2 Å². The fraction of sp³-hybridized carbons (Fsp3) is 0.300. The minimum absolute atomic E-state index is 0.0819. The second-order valence-corrected chi connectivity index (χ2v) is 9.66. The van der Waals surface area contributed by atoms with Gasteiger partial charge in [-0.25, -0.2) is 0 Å². The molecule has 0 spiro atoms. The van der Waals surface area contributed by atoms with Crippen LogP contribution in [0.5, 0.6) is 5.75 Å². The standard InChI is InChI=1S/C30H31N3O5/c31-21-8-5-19(6-9-21)29(35)32-15-3-1-2-4-16-37-22-10-11-23-20(17-22)7-13-26-28(23)25(18-38-26)24-12-14-27(34)33-30(24)36/h5-11,13,17-18,24H,1-4,12,14-16,31H2,(H,32,35)(H,33,34,36). The van der Waals surface area contributed by atoms with Gasteiger partial charge in [-0.05, 0) is 78.6 Å². The van der Waals surface area contributed by atoms with Crippen molar-refractivity contribution in [1.29, 1.82) is 0 Å². The molecule has 3 aromatic carbocycles. The molecule has 0 aliphatic carbocycles. The van der Waals surface area contributed by atoms with Gasteiger partial charge in [-0.1, -0.05) is 18.9 Å². The van der Waals surface area contributed by atoms with E-state index in [0.717, 1.165) is 58.7 Å². The van der Waals surface area contributed by atoms with Crippen LogP contribution in [0.2, 0.25) is 0 Å². The number of furan rings is 1. The second-order valence-electron chi connectivity index (χ2n) is 9.66. The van der Waals surface area contributed by atoms with E-state index < -0.39 is 5.92 Å². The van der Waals surface area contributed by atoms with Crippen LogP contribution in [0.1, 0.15) is 60.4 Å². The first-order valence-corrected chi connectivity index (χ1v) is 13.0. The highest BCUT2D eigenvalue weighted by Gasteiger charge is 2.31. The first kappa shape index (κ1) is 25.3. The van der Waals surface area contributed by atoms with Crippen LogP contribution in [0.3, 0.4) is 0 Å². The van der Waals surface area contributed by atoms with Crippen molar-refractivity contribution in [2.24, 2.45) is 0 Å². The predicted molar refractivity (Wildman–Crippen MR) is 146 cm³/mol. The third kappa shape index (κ3) is 5.64. The van der Waals surface area contributed by atoms with Crippen LogP contribution in [0.4, 0.5) is 5.69 Å². The number of unbranched alkanes of at least 4 members (excludes halogenated alkanes) is 3. The molecule has 1 unspecified atom stereocenters. The molecular weight excluding hydrogens is 482 g/mol. The Morgan fingerprint density at radius 1 is 1.03 bits per heavy atom. The van der Waals surface area contributed by atoms with Gasteiger partial charge >= 0.3 is 0 Å². The lowest BCUT2D eigenvalue weighted by Crippen LogP contribution is -2.39. The van der Waals surface area contributed by atoms with Gasteiger partial charge in [0.05, 0.1) is 18.8 Å². The zero-order chi connectivity index (χ0) is 26.5. The number of carbonyl (C=O) groups excluding carboxylic acids is 3. The molecule has 0 saturated carbocycles. The third-order valence-corrected chi connectivity index (χ3v) is 6.97. The Bertz CT molecular complexity index is 1470. The fourth-order valence-corrected chi connectivity index (χ4v) is 4.92. The van der Waals surface area contributed by atoms with Gasteiger partial charge in [0.1, 0.15) is 11.3 Å². The molecule has 1 atom stereocenters. The summed E-state index contributed by atoms with van der Waals surface area (Å²) >= 11 is 0. The molecule has 5 rings (SSSR count). The molecule has 8 nitrogen and oxygen atoms in total. The van der Waals surface area contributed by atoms with Crippen LogP contribution in [0, 0.1) is 0 Å². The number of ether oxygens (including phenoxy) is 1. The summed E-state index contributed by atoms with van der Waals surface area (Å²) in [5.74, 6) is -0.196. The number of hydrogen-bond acceptors (Lipinski definition) is 6. The normalized spacial score (nSPS) is 15.5. The number of rotatable bonds is 10. The number of imide groups is 1. The van der Waals surface area contributed by atoms with Gasteiger partial charge in [0.15, 0.2) is 0 Å². The summed E-state index contributed by atoms with van der Waals surface area (Å²) in [5, 5.41) is 8.27. The maximum absolute atomic E-state index is 12.4. The Balaban J connectivity index is 1.10. The lowest BCUT2D eigenvalue weighted by atomic mass is 9.89. The molecule has 1 aromatic heterocycles. The van der Waals surface area contributed by atoms with Gasteiger partial charge in [-0.15, -0.1) is 0 Å². The first-order chi connectivity index (χ1) is 18.5. The summed E-state index contributed by atoms with van der Waals surface area (Å²) < 4.78 is 11.7. The summed E-state index contributed by atoms with van der Waals surface area (Å²) in [6.07, 6.45) is 6.28. The minimum Gasteiger partial charge on any atom is -0.494 e. The molecule has 196 valence electrons. The molecule has 4 N–H and O–H groups in total. The Hall–Kier alpha value is -4.33. The van der Waals surface area contributed by atoms with Gasteiger partial charge < -0.3 is 20.2 Å². The molecule has 1 fully saturated rings. The van der Waals surface area contributed by atoms with E-state index in [2.05, 4.69) is 10.6 Å². The average Bonchev–Trinajstić information content (AvgIpc) is 3.34. The van der Waals surface area contributed by atoms with Crippen molar-refractivity contribution >= 4 is 45.2 Å². The highest BCUT2D eigenvalue weighted by atomic mass is 16.5. The number of anilines is 1. The van der Waals surface area contributed by atoms with Crippen LogP contribution >= 0.6 is 0 Å².